The fraction of sp³-hybridized carbons (Fsp3) is 0.714. The largest absolute Gasteiger partial charge is 0.481 e. The number of nitrogens with one attached hydrogen (secondary N) is 1. The third kappa shape index (κ3) is 3.26. The topological polar surface area (TPSA) is 62.2 Å². The van der Waals surface area contributed by atoms with Gasteiger partial charge in [-0.05, 0) is 31.1 Å². The number of carboxylic acids is 1. The smallest absolute Gasteiger partial charge is 0.312 e. The van der Waals surface area contributed by atoms with Crippen LogP contribution in [0.2, 0.25) is 0 Å². The molecule has 1 aliphatic rings. The van der Waals surface area contributed by atoms with Gasteiger partial charge in [0.05, 0.1) is 5.69 Å². The maximum Gasteiger partial charge on any atom is 0.312 e. The molecule has 0 radical (unpaired) electrons. The van der Waals surface area contributed by atoms with Crippen LogP contribution in [0.3, 0.4) is 0 Å². The van der Waals surface area contributed by atoms with E-state index in [0.717, 1.165) is 35.1 Å². The molecule has 0 saturated heterocycles. The van der Waals surface area contributed by atoms with Gasteiger partial charge in [0.1, 0.15) is 5.92 Å². The molecular formula is C14H22N2O2S. The van der Waals surface area contributed by atoms with Crippen LogP contribution in [-0.4, -0.2) is 22.6 Å². The highest BCUT2D eigenvalue weighted by Gasteiger charge is 2.29. The second kappa shape index (κ2) is 5.90. The van der Waals surface area contributed by atoms with Crippen molar-refractivity contribution in [2.24, 2.45) is 11.8 Å². The Hall–Kier alpha value is -1.10. The maximum absolute atomic E-state index is 11.2. The van der Waals surface area contributed by atoms with Gasteiger partial charge in [-0.2, -0.15) is 0 Å². The Kier molecular flexibility index (Phi) is 4.45. The van der Waals surface area contributed by atoms with E-state index in [1.165, 1.54) is 0 Å². The highest BCUT2D eigenvalue weighted by atomic mass is 32.1. The molecule has 5 heteroatoms. The van der Waals surface area contributed by atoms with Crippen molar-refractivity contribution in [1.82, 2.24) is 4.98 Å². The molecule has 106 valence electrons. The molecular weight excluding hydrogens is 260 g/mol. The van der Waals surface area contributed by atoms with Crippen molar-refractivity contribution in [1.29, 1.82) is 0 Å². The van der Waals surface area contributed by atoms with E-state index in [1.807, 2.05) is 0 Å². The van der Waals surface area contributed by atoms with Crippen molar-refractivity contribution < 1.29 is 9.90 Å². The van der Waals surface area contributed by atoms with Gasteiger partial charge < -0.3 is 10.4 Å². The number of carboxylic acid groups (broad SMARTS) is 1. The molecule has 2 atom stereocenters. The van der Waals surface area contributed by atoms with E-state index in [9.17, 15) is 9.90 Å². The van der Waals surface area contributed by atoms with Crippen molar-refractivity contribution in [3.8, 4) is 0 Å². The molecule has 1 heterocycles. The quantitative estimate of drug-likeness (QED) is 0.869. The summed E-state index contributed by atoms with van der Waals surface area (Å²) >= 11 is 1.62. The van der Waals surface area contributed by atoms with Gasteiger partial charge in [-0.15, -0.1) is 11.3 Å². The average molecular weight is 282 g/mol. The molecule has 1 aromatic rings. The van der Waals surface area contributed by atoms with Crippen LogP contribution in [0.25, 0.3) is 0 Å². The number of aromatic nitrogens is 1. The minimum absolute atomic E-state index is 0.405. The first-order valence-electron chi connectivity index (χ1n) is 6.95. The Bertz CT molecular complexity index is 456. The minimum atomic E-state index is -0.742. The van der Waals surface area contributed by atoms with E-state index in [2.05, 4.69) is 31.1 Å². The van der Waals surface area contributed by atoms with E-state index < -0.39 is 11.9 Å². The fourth-order valence-corrected chi connectivity index (χ4v) is 3.29. The van der Waals surface area contributed by atoms with Crippen molar-refractivity contribution in [3.63, 3.8) is 0 Å². The molecule has 4 nitrogen and oxygen atoms in total. The number of anilines is 1. The SMILES string of the molecule is CC(C)C(C)CNc1nc2c(s1)CCCC2C(=O)O. The third-order valence-corrected chi connectivity index (χ3v) is 5.05. The zero-order chi connectivity index (χ0) is 14.0. The van der Waals surface area contributed by atoms with Gasteiger partial charge in [-0.25, -0.2) is 4.98 Å². The van der Waals surface area contributed by atoms with Gasteiger partial charge in [-0.3, -0.25) is 4.79 Å². The van der Waals surface area contributed by atoms with Crippen molar-refractivity contribution in [3.05, 3.63) is 10.6 Å². The van der Waals surface area contributed by atoms with E-state index in [-0.39, 0.29) is 0 Å². The zero-order valence-electron chi connectivity index (χ0n) is 11.8. The summed E-state index contributed by atoms with van der Waals surface area (Å²) < 4.78 is 0. The average Bonchev–Trinajstić information content (AvgIpc) is 2.77. The van der Waals surface area contributed by atoms with E-state index >= 15 is 0 Å². The summed E-state index contributed by atoms with van der Waals surface area (Å²) in [5, 5.41) is 13.5. The van der Waals surface area contributed by atoms with E-state index in [4.69, 9.17) is 0 Å². The van der Waals surface area contributed by atoms with Crippen LogP contribution in [0, 0.1) is 11.8 Å². The molecule has 0 bridgehead atoms. The first kappa shape index (κ1) is 14.3. The van der Waals surface area contributed by atoms with Crippen LogP contribution < -0.4 is 5.32 Å². The first-order chi connectivity index (χ1) is 8.99. The first-order valence-corrected chi connectivity index (χ1v) is 7.77. The molecule has 2 rings (SSSR count). The van der Waals surface area contributed by atoms with Gasteiger partial charge in [0, 0.05) is 11.4 Å². The standard InChI is InChI=1S/C14H22N2O2S/c1-8(2)9(3)7-15-14-16-12-10(13(17)18)5-4-6-11(12)19-14/h8-10H,4-7H2,1-3H3,(H,15,16)(H,17,18). The van der Waals surface area contributed by atoms with Crippen LogP contribution in [0.15, 0.2) is 0 Å². The molecule has 2 unspecified atom stereocenters. The fourth-order valence-electron chi connectivity index (χ4n) is 2.22. The number of carbonyl (C=O) groups is 1. The monoisotopic (exact) mass is 282 g/mol. The van der Waals surface area contributed by atoms with Gasteiger partial charge in [0.15, 0.2) is 5.13 Å². The van der Waals surface area contributed by atoms with Gasteiger partial charge in [0.2, 0.25) is 0 Å². The summed E-state index contributed by atoms with van der Waals surface area (Å²) in [6.45, 7) is 7.52. The zero-order valence-corrected chi connectivity index (χ0v) is 12.6. The lowest BCUT2D eigenvalue weighted by molar-refractivity contribution is -0.139. The highest BCUT2D eigenvalue weighted by Crippen LogP contribution is 2.36. The molecule has 19 heavy (non-hydrogen) atoms. The minimum Gasteiger partial charge on any atom is -0.481 e. The van der Waals surface area contributed by atoms with Gasteiger partial charge >= 0.3 is 5.97 Å². The normalized spacial score (nSPS) is 20.1. The molecule has 0 saturated carbocycles. The van der Waals surface area contributed by atoms with Crippen molar-refractivity contribution in [2.75, 3.05) is 11.9 Å². The lowest BCUT2D eigenvalue weighted by Gasteiger charge is -2.16. The van der Waals surface area contributed by atoms with Crippen LogP contribution in [0.4, 0.5) is 5.13 Å². The summed E-state index contributed by atoms with van der Waals surface area (Å²) in [7, 11) is 0. The number of hydrogen-bond acceptors (Lipinski definition) is 4. The lowest BCUT2D eigenvalue weighted by Crippen LogP contribution is -2.18. The lowest BCUT2D eigenvalue weighted by atomic mass is 9.91. The van der Waals surface area contributed by atoms with E-state index in [0.29, 0.717) is 18.3 Å². The van der Waals surface area contributed by atoms with Gasteiger partial charge in [-0.1, -0.05) is 20.8 Å². The summed E-state index contributed by atoms with van der Waals surface area (Å²) in [5.74, 6) is 0.0662. The Labute approximate surface area is 118 Å². The number of rotatable bonds is 5. The molecule has 0 amide bonds. The second-order valence-corrected chi connectivity index (χ2v) is 6.80. The number of aliphatic carboxylic acids is 1. The van der Waals surface area contributed by atoms with Crippen LogP contribution in [-0.2, 0) is 11.2 Å². The molecule has 2 N–H and O–H groups in total. The molecule has 0 aromatic carbocycles. The second-order valence-electron chi connectivity index (χ2n) is 5.71. The number of fused-ring (bicyclic) bond motifs is 1. The summed E-state index contributed by atoms with van der Waals surface area (Å²) in [4.78, 5) is 16.9. The van der Waals surface area contributed by atoms with Crippen LogP contribution >= 0.6 is 11.3 Å². The van der Waals surface area contributed by atoms with Crippen LogP contribution in [0.5, 0.6) is 0 Å². The molecule has 0 aliphatic heterocycles. The Morgan fingerprint density at radius 2 is 2.26 bits per heavy atom. The number of nitrogens with zero attached hydrogens (tertiary/aromatic N) is 1. The molecule has 0 fully saturated rings. The van der Waals surface area contributed by atoms with Crippen molar-refractivity contribution in [2.45, 2.75) is 46.0 Å². The van der Waals surface area contributed by atoms with Crippen LogP contribution in [0.1, 0.15) is 50.1 Å². The van der Waals surface area contributed by atoms with Gasteiger partial charge in [0.25, 0.3) is 0 Å². The molecule has 1 aromatic heterocycles. The Morgan fingerprint density at radius 1 is 1.53 bits per heavy atom. The molecule has 1 aliphatic carbocycles. The number of hydrogen-bond donors (Lipinski definition) is 2. The third-order valence-electron chi connectivity index (χ3n) is 3.97. The molecule has 0 spiro atoms. The Balaban J connectivity index is 2.07. The van der Waals surface area contributed by atoms with E-state index in [1.54, 1.807) is 11.3 Å². The number of thiazole rings is 1. The predicted molar refractivity (Wildman–Crippen MR) is 77.9 cm³/mol. The van der Waals surface area contributed by atoms with Crippen molar-refractivity contribution >= 4 is 22.4 Å². The summed E-state index contributed by atoms with van der Waals surface area (Å²) in [5.41, 5.74) is 0.795. The maximum atomic E-state index is 11.2. The number of aryl methyl sites for hydroxylation is 1. The predicted octanol–water partition coefficient (Wildman–Crippen LogP) is 3.35. The highest BCUT2D eigenvalue weighted by molar-refractivity contribution is 7.15. The Morgan fingerprint density at radius 3 is 2.89 bits per heavy atom. The summed E-state index contributed by atoms with van der Waals surface area (Å²) in [6, 6.07) is 0. The summed E-state index contributed by atoms with van der Waals surface area (Å²) in [6.07, 6.45) is 2.64.